The molecule has 1 aromatic rings. The van der Waals surface area contributed by atoms with Crippen LogP contribution in [-0.4, -0.2) is 42.2 Å². The van der Waals surface area contributed by atoms with Gasteiger partial charge in [-0.3, -0.25) is 4.79 Å². The van der Waals surface area contributed by atoms with Crippen molar-refractivity contribution in [1.82, 2.24) is 4.90 Å². The number of nitrogens with two attached hydrogens (primary N) is 1. The lowest BCUT2D eigenvalue weighted by Gasteiger charge is -2.28. The van der Waals surface area contributed by atoms with E-state index in [4.69, 9.17) is 10.5 Å². The molecule has 0 fully saturated rings. The Kier molecular flexibility index (Phi) is 7.19. The van der Waals surface area contributed by atoms with E-state index in [0.717, 1.165) is 17.7 Å². The van der Waals surface area contributed by atoms with Gasteiger partial charge < -0.3 is 20.5 Å². The van der Waals surface area contributed by atoms with Crippen molar-refractivity contribution in [3.63, 3.8) is 0 Å². The monoisotopic (exact) mass is 294 g/mol. The summed E-state index contributed by atoms with van der Waals surface area (Å²) in [4.78, 5) is 14.1. The maximum atomic E-state index is 12.5. The molecule has 0 spiro atoms. The Hall–Kier alpha value is -1.59. The number of rotatable bonds is 8. The number of carbonyl (C=O) groups is 1. The lowest BCUT2D eigenvalue weighted by molar-refractivity contribution is -0.134. The number of hydrogen-bond acceptors (Lipinski definition) is 4. The molecular weight excluding hydrogens is 268 g/mol. The summed E-state index contributed by atoms with van der Waals surface area (Å²) < 4.78 is 5.30. The van der Waals surface area contributed by atoms with Crippen LogP contribution in [-0.2, 0) is 11.3 Å². The van der Waals surface area contributed by atoms with Crippen molar-refractivity contribution in [2.24, 2.45) is 11.7 Å². The first-order chi connectivity index (χ1) is 10.0. The molecule has 5 heteroatoms. The van der Waals surface area contributed by atoms with Gasteiger partial charge in [0, 0.05) is 18.7 Å². The second-order valence-electron chi connectivity index (χ2n) is 5.21. The Morgan fingerprint density at radius 1 is 1.43 bits per heavy atom. The number of ether oxygens (including phenoxy) is 1. The minimum Gasteiger partial charge on any atom is -0.496 e. The number of para-hydroxylation sites is 1. The quantitative estimate of drug-likeness (QED) is 0.759. The molecule has 0 saturated carbocycles. The van der Waals surface area contributed by atoms with Crippen LogP contribution >= 0.6 is 0 Å². The van der Waals surface area contributed by atoms with E-state index in [-0.39, 0.29) is 25.0 Å². The first kappa shape index (κ1) is 17.5. The molecule has 0 aliphatic carbocycles. The van der Waals surface area contributed by atoms with Gasteiger partial charge in [0.25, 0.3) is 0 Å². The topological polar surface area (TPSA) is 75.8 Å². The van der Waals surface area contributed by atoms with Crippen LogP contribution < -0.4 is 10.5 Å². The zero-order valence-corrected chi connectivity index (χ0v) is 13.1. The first-order valence-electron chi connectivity index (χ1n) is 7.32. The summed E-state index contributed by atoms with van der Waals surface area (Å²) in [7, 11) is 1.60. The number of carbonyl (C=O) groups excluding carboxylic acids is 1. The highest BCUT2D eigenvalue weighted by Gasteiger charge is 2.25. The van der Waals surface area contributed by atoms with Crippen LogP contribution in [0.5, 0.6) is 5.75 Å². The van der Waals surface area contributed by atoms with Gasteiger partial charge in [0.2, 0.25) is 5.91 Å². The fourth-order valence-corrected chi connectivity index (χ4v) is 2.14. The van der Waals surface area contributed by atoms with Crippen molar-refractivity contribution < 1.29 is 14.6 Å². The standard InChI is InChI=1S/C16H26N2O3/c1-4-12(2)15(17)16(20)18(9-10-19)11-13-7-5-6-8-14(13)21-3/h5-8,12,15,19H,4,9-11,17H2,1-3H3/t12-,15-/m0/s1. The number of amides is 1. The smallest absolute Gasteiger partial charge is 0.240 e. The third-order valence-electron chi connectivity index (χ3n) is 3.78. The zero-order valence-electron chi connectivity index (χ0n) is 13.1. The van der Waals surface area contributed by atoms with Crippen molar-refractivity contribution in [2.45, 2.75) is 32.9 Å². The third kappa shape index (κ3) is 4.72. The third-order valence-corrected chi connectivity index (χ3v) is 3.78. The van der Waals surface area contributed by atoms with E-state index >= 15 is 0 Å². The van der Waals surface area contributed by atoms with Crippen LogP contribution in [0, 0.1) is 5.92 Å². The molecule has 5 nitrogen and oxygen atoms in total. The number of aliphatic hydroxyl groups is 1. The first-order valence-corrected chi connectivity index (χ1v) is 7.32. The van der Waals surface area contributed by atoms with Gasteiger partial charge in [-0.2, -0.15) is 0 Å². The lowest BCUT2D eigenvalue weighted by atomic mass is 9.98. The molecule has 0 heterocycles. The largest absolute Gasteiger partial charge is 0.496 e. The Morgan fingerprint density at radius 2 is 2.10 bits per heavy atom. The summed E-state index contributed by atoms with van der Waals surface area (Å²) in [5, 5.41) is 9.20. The number of nitrogens with zero attached hydrogens (tertiary/aromatic N) is 1. The van der Waals surface area contributed by atoms with E-state index in [9.17, 15) is 9.90 Å². The average Bonchev–Trinajstić information content (AvgIpc) is 2.52. The van der Waals surface area contributed by atoms with Crippen LogP contribution in [0.15, 0.2) is 24.3 Å². The normalized spacial score (nSPS) is 13.6. The van der Waals surface area contributed by atoms with Gasteiger partial charge >= 0.3 is 0 Å². The van der Waals surface area contributed by atoms with E-state index in [1.165, 1.54) is 0 Å². The maximum Gasteiger partial charge on any atom is 0.240 e. The summed E-state index contributed by atoms with van der Waals surface area (Å²) in [6, 6.07) is 6.99. The van der Waals surface area contributed by atoms with Crippen LogP contribution in [0.3, 0.4) is 0 Å². The van der Waals surface area contributed by atoms with Gasteiger partial charge in [0.15, 0.2) is 0 Å². The Bertz CT molecular complexity index is 451. The van der Waals surface area contributed by atoms with Crippen LogP contribution in [0.4, 0.5) is 0 Å². The molecular formula is C16H26N2O3. The molecule has 0 bridgehead atoms. The van der Waals surface area contributed by atoms with E-state index in [2.05, 4.69) is 0 Å². The summed E-state index contributed by atoms with van der Waals surface area (Å²) in [6.45, 7) is 4.53. The van der Waals surface area contributed by atoms with E-state index in [1.54, 1.807) is 12.0 Å². The second kappa shape index (κ2) is 8.64. The highest BCUT2D eigenvalue weighted by molar-refractivity contribution is 5.82. The van der Waals surface area contributed by atoms with Crippen molar-refractivity contribution >= 4 is 5.91 Å². The van der Waals surface area contributed by atoms with E-state index in [1.807, 2.05) is 38.1 Å². The van der Waals surface area contributed by atoms with Crippen LogP contribution in [0.1, 0.15) is 25.8 Å². The predicted octanol–water partition coefficient (Wildman–Crippen LogP) is 1.39. The summed E-state index contributed by atoms with van der Waals surface area (Å²) in [5.41, 5.74) is 6.92. The molecule has 0 unspecified atom stereocenters. The Morgan fingerprint density at radius 3 is 2.67 bits per heavy atom. The van der Waals surface area contributed by atoms with Crippen LogP contribution in [0.2, 0.25) is 0 Å². The maximum absolute atomic E-state index is 12.5. The van der Waals surface area contributed by atoms with Gasteiger partial charge in [-0.25, -0.2) is 0 Å². The molecule has 0 aliphatic rings. The van der Waals surface area contributed by atoms with E-state index in [0.29, 0.717) is 6.54 Å². The Labute approximate surface area is 126 Å². The van der Waals surface area contributed by atoms with Gasteiger partial charge in [0.1, 0.15) is 5.75 Å². The average molecular weight is 294 g/mol. The fourth-order valence-electron chi connectivity index (χ4n) is 2.14. The fraction of sp³-hybridized carbons (Fsp3) is 0.562. The minimum absolute atomic E-state index is 0.0892. The molecule has 2 atom stereocenters. The van der Waals surface area contributed by atoms with Crippen molar-refractivity contribution in [1.29, 1.82) is 0 Å². The number of hydrogen-bond donors (Lipinski definition) is 2. The van der Waals surface area contributed by atoms with E-state index < -0.39 is 6.04 Å². The second-order valence-corrected chi connectivity index (χ2v) is 5.21. The predicted molar refractivity (Wildman–Crippen MR) is 82.9 cm³/mol. The molecule has 0 saturated heterocycles. The molecule has 0 radical (unpaired) electrons. The number of aliphatic hydroxyl groups excluding tert-OH is 1. The SMILES string of the molecule is CC[C@H](C)[C@H](N)C(=O)N(CCO)Cc1ccccc1OC. The molecule has 1 amide bonds. The van der Waals surface area contributed by atoms with Gasteiger partial charge in [-0.1, -0.05) is 38.5 Å². The van der Waals surface area contributed by atoms with Crippen molar-refractivity contribution in [3.8, 4) is 5.75 Å². The molecule has 21 heavy (non-hydrogen) atoms. The Balaban J connectivity index is 2.89. The lowest BCUT2D eigenvalue weighted by Crippen LogP contribution is -2.47. The van der Waals surface area contributed by atoms with Gasteiger partial charge in [0.05, 0.1) is 19.8 Å². The highest BCUT2D eigenvalue weighted by atomic mass is 16.5. The number of benzene rings is 1. The molecule has 0 aromatic heterocycles. The molecule has 3 N–H and O–H groups in total. The minimum atomic E-state index is -0.545. The van der Waals surface area contributed by atoms with Crippen molar-refractivity contribution in [3.05, 3.63) is 29.8 Å². The van der Waals surface area contributed by atoms with Crippen LogP contribution in [0.25, 0.3) is 0 Å². The van der Waals surface area contributed by atoms with Crippen molar-refractivity contribution in [2.75, 3.05) is 20.3 Å². The molecule has 118 valence electrons. The van der Waals surface area contributed by atoms with Gasteiger partial charge in [-0.15, -0.1) is 0 Å². The number of methoxy groups -OCH3 is 1. The highest BCUT2D eigenvalue weighted by Crippen LogP contribution is 2.20. The molecule has 1 rings (SSSR count). The van der Waals surface area contributed by atoms with Gasteiger partial charge in [-0.05, 0) is 12.0 Å². The zero-order chi connectivity index (χ0) is 15.8. The summed E-state index contributed by atoms with van der Waals surface area (Å²) in [5.74, 6) is 0.700. The molecule has 0 aliphatic heterocycles. The summed E-state index contributed by atoms with van der Waals surface area (Å²) >= 11 is 0. The summed E-state index contributed by atoms with van der Waals surface area (Å²) in [6.07, 6.45) is 0.842. The molecule has 1 aromatic carbocycles.